The van der Waals surface area contributed by atoms with Gasteiger partial charge >= 0.3 is 0 Å². The summed E-state index contributed by atoms with van der Waals surface area (Å²) in [6.07, 6.45) is 1.57. The lowest BCUT2D eigenvalue weighted by atomic mass is 10.2. The Hall–Kier alpha value is -3.25. The van der Waals surface area contributed by atoms with Crippen molar-refractivity contribution in [1.82, 2.24) is 10.3 Å². The number of methoxy groups -OCH3 is 1. The summed E-state index contributed by atoms with van der Waals surface area (Å²) in [4.78, 5) is 16.6. The van der Waals surface area contributed by atoms with E-state index in [-0.39, 0.29) is 5.91 Å². The van der Waals surface area contributed by atoms with E-state index < -0.39 is 0 Å². The van der Waals surface area contributed by atoms with Crippen LogP contribution in [0.4, 0.5) is 11.5 Å². The first-order chi connectivity index (χ1) is 13.7. The number of rotatable bonds is 8. The number of hydrogen-bond acceptors (Lipinski definition) is 5. The van der Waals surface area contributed by atoms with Gasteiger partial charge in [0.2, 0.25) is 0 Å². The number of anilines is 2. The molecular formula is C21H20ClN3O3. The molecule has 1 aromatic heterocycles. The van der Waals surface area contributed by atoms with Crippen molar-refractivity contribution < 1.29 is 14.3 Å². The van der Waals surface area contributed by atoms with Crippen LogP contribution < -0.4 is 20.1 Å². The van der Waals surface area contributed by atoms with Crippen LogP contribution in [0.3, 0.4) is 0 Å². The largest absolute Gasteiger partial charge is 0.497 e. The highest BCUT2D eigenvalue weighted by atomic mass is 35.5. The molecule has 0 radical (unpaired) electrons. The number of carbonyl (C=O) groups is 1. The Balaban J connectivity index is 1.50. The molecule has 1 amide bonds. The number of pyridine rings is 1. The van der Waals surface area contributed by atoms with E-state index in [2.05, 4.69) is 15.6 Å². The summed E-state index contributed by atoms with van der Waals surface area (Å²) in [5.41, 5.74) is 1.22. The molecule has 0 aliphatic rings. The number of hydrogen-bond donors (Lipinski definition) is 2. The monoisotopic (exact) mass is 397 g/mol. The van der Waals surface area contributed by atoms with Gasteiger partial charge in [-0.15, -0.1) is 0 Å². The molecule has 0 spiro atoms. The predicted molar refractivity (Wildman–Crippen MR) is 110 cm³/mol. The van der Waals surface area contributed by atoms with Gasteiger partial charge in [0, 0.05) is 11.8 Å². The summed E-state index contributed by atoms with van der Waals surface area (Å²) in [6.45, 7) is 0.730. The molecule has 7 heteroatoms. The Labute approximate surface area is 168 Å². The average Bonchev–Trinajstić information content (AvgIpc) is 2.73. The molecule has 0 aliphatic carbocycles. The molecule has 0 fully saturated rings. The molecule has 0 bridgehead atoms. The lowest BCUT2D eigenvalue weighted by molar-refractivity contribution is 0.0947. The number of amides is 1. The van der Waals surface area contributed by atoms with E-state index in [0.29, 0.717) is 35.3 Å². The molecular weight excluding hydrogens is 378 g/mol. The van der Waals surface area contributed by atoms with Crippen LogP contribution in [0.2, 0.25) is 5.02 Å². The minimum atomic E-state index is -0.206. The lowest BCUT2D eigenvalue weighted by Gasteiger charge is -2.10. The first-order valence-corrected chi connectivity index (χ1v) is 9.06. The van der Waals surface area contributed by atoms with E-state index in [1.807, 2.05) is 42.5 Å². The third kappa shape index (κ3) is 5.37. The smallest absolute Gasteiger partial charge is 0.251 e. The third-order valence-electron chi connectivity index (χ3n) is 3.87. The van der Waals surface area contributed by atoms with E-state index >= 15 is 0 Å². The van der Waals surface area contributed by atoms with Crippen molar-refractivity contribution in [3.8, 4) is 11.5 Å². The maximum Gasteiger partial charge on any atom is 0.251 e. The molecule has 0 saturated heterocycles. The first-order valence-electron chi connectivity index (χ1n) is 8.68. The van der Waals surface area contributed by atoms with Crippen LogP contribution in [-0.2, 0) is 0 Å². The van der Waals surface area contributed by atoms with E-state index in [9.17, 15) is 4.79 Å². The van der Waals surface area contributed by atoms with Gasteiger partial charge in [-0.1, -0.05) is 23.7 Å². The maximum absolute atomic E-state index is 12.3. The Morgan fingerprint density at radius 3 is 2.57 bits per heavy atom. The summed E-state index contributed by atoms with van der Waals surface area (Å²) in [5, 5.41) is 6.51. The molecule has 28 heavy (non-hydrogen) atoms. The molecule has 0 saturated carbocycles. The van der Waals surface area contributed by atoms with Crippen LogP contribution in [0.25, 0.3) is 0 Å². The minimum Gasteiger partial charge on any atom is -0.497 e. The van der Waals surface area contributed by atoms with E-state index in [1.165, 1.54) is 0 Å². The quantitative estimate of drug-likeness (QED) is 0.554. The van der Waals surface area contributed by atoms with Crippen LogP contribution in [0.1, 0.15) is 10.4 Å². The Morgan fingerprint density at radius 2 is 1.82 bits per heavy atom. The van der Waals surface area contributed by atoms with Crippen LogP contribution >= 0.6 is 11.6 Å². The number of benzene rings is 2. The minimum absolute atomic E-state index is 0.206. The second-order valence-corrected chi connectivity index (χ2v) is 6.22. The predicted octanol–water partition coefficient (Wildman–Crippen LogP) is 4.30. The van der Waals surface area contributed by atoms with Gasteiger partial charge in [0.25, 0.3) is 5.91 Å². The highest BCUT2D eigenvalue weighted by Crippen LogP contribution is 2.24. The summed E-state index contributed by atoms with van der Waals surface area (Å²) in [6, 6.07) is 17.9. The number of para-hydroxylation sites is 1. The number of ether oxygens (including phenoxy) is 2. The van der Waals surface area contributed by atoms with Crippen LogP contribution in [0.5, 0.6) is 11.5 Å². The number of aromatic nitrogens is 1. The average molecular weight is 398 g/mol. The maximum atomic E-state index is 12.3. The number of carbonyl (C=O) groups excluding carboxylic acids is 1. The fourth-order valence-corrected chi connectivity index (χ4v) is 2.63. The summed E-state index contributed by atoms with van der Waals surface area (Å²) < 4.78 is 10.7. The summed E-state index contributed by atoms with van der Waals surface area (Å²) in [7, 11) is 1.61. The van der Waals surface area contributed by atoms with Crippen molar-refractivity contribution in [1.29, 1.82) is 0 Å². The SMILES string of the molecule is COc1ccc(OCCNC(=O)c2ccnc(Nc3ccccc3Cl)c2)cc1. The number of halogens is 1. The van der Waals surface area contributed by atoms with Crippen molar-refractivity contribution >= 4 is 29.0 Å². The van der Waals surface area contributed by atoms with Crippen molar-refractivity contribution in [2.45, 2.75) is 0 Å². The molecule has 144 valence electrons. The van der Waals surface area contributed by atoms with Crippen molar-refractivity contribution in [3.63, 3.8) is 0 Å². The molecule has 2 N–H and O–H groups in total. The summed E-state index contributed by atoms with van der Waals surface area (Å²) in [5.74, 6) is 1.81. The van der Waals surface area contributed by atoms with Gasteiger partial charge in [-0.05, 0) is 48.5 Å². The zero-order chi connectivity index (χ0) is 19.8. The second-order valence-electron chi connectivity index (χ2n) is 5.81. The highest BCUT2D eigenvalue weighted by Gasteiger charge is 2.08. The summed E-state index contributed by atoms with van der Waals surface area (Å²) >= 11 is 6.14. The molecule has 3 rings (SSSR count). The zero-order valence-corrected chi connectivity index (χ0v) is 16.1. The molecule has 0 atom stereocenters. The van der Waals surface area contributed by atoms with Gasteiger partial charge in [-0.2, -0.15) is 0 Å². The Bertz CT molecular complexity index is 932. The van der Waals surface area contributed by atoms with E-state index in [1.54, 1.807) is 31.5 Å². The number of nitrogens with one attached hydrogen (secondary N) is 2. The molecule has 3 aromatic rings. The van der Waals surface area contributed by atoms with Crippen molar-refractivity contribution in [2.75, 3.05) is 25.6 Å². The molecule has 6 nitrogen and oxygen atoms in total. The second kappa shape index (κ2) is 9.62. The van der Waals surface area contributed by atoms with E-state index in [4.69, 9.17) is 21.1 Å². The lowest BCUT2D eigenvalue weighted by Crippen LogP contribution is -2.28. The van der Waals surface area contributed by atoms with Crippen LogP contribution in [-0.4, -0.2) is 31.2 Å². The zero-order valence-electron chi connectivity index (χ0n) is 15.3. The van der Waals surface area contributed by atoms with Gasteiger partial charge in [0.1, 0.15) is 23.9 Å². The molecule has 2 aromatic carbocycles. The van der Waals surface area contributed by atoms with Crippen LogP contribution in [0, 0.1) is 0 Å². The van der Waals surface area contributed by atoms with Gasteiger partial charge in [0.15, 0.2) is 0 Å². The van der Waals surface area contributed by atoms with Gasteiger partial charge in [0.05, 0.1) is 24.4 Å². The van der Waals surface area contributed by atoms with Crippen LogP contribution in [0.15, 0.2) is 66.9 Å². The molecule has 0 unspecified atom stereocenters. The van der Waals surface area contributed by atoms with Gasteiger partial charge in [-0.3, -0.25) is 4.79 Å². The number of nitrogens with zero attached hydrogens (tertiary/aromatic N) is 1. The van der Waals surface area contributed by atoms with E-state index in [0.717, 1.165) is 11.4 Å². The van der Waals surface area contributed by atoms with Gasteiger partial charge < -0.3 is 20.1 Å². The standard InChI is InChI=1S/C21H20ClN3O3/c1-27-16-6-8-17(9-7-16)28-13-12-24-21(26)15-10-11-23-20(14-15)25-19-5-3-2-4-18(19)22/h2-11,14H,12-13H2,1H3,(H,23,25)(H,24,26). The first kappa shape index (κ1) is 19.5. The Kier molecular flexibility index (Phi) is 6.70. The Morgan fingerprint density at radius 1 is 1.07 bits per heavy atom. The molecule has 0 aliphatic heterocycles. The molecule has 1 heterocycles. The fourth-order valence-electron chi connectivity index (χ4n) is 2.45. The van der Waals surface area contributed by atoms with Crippen molar-refractivity contribution in [2.24, 2.45) is 0 Å². The topological polar surface area (TPSA) is 72.5 Å². The van der Waals surface area contributed by atoms with Gasteiger partial charge in [-0.25, -0.2) is 4.98 Å². The highest BCUT2D eigenvalue weighted by molar-refractivity contribution is 6.33. The fraction of sp³-hybridized carbons (Fsp3) is 0.143. The third-order valence-corrected chi connectivity index (χ3v) is 4.20. The van der Waals surface area contributed by atoms with Crippen molar-refractivity contribution in [3.05, 3.63) is 77.4 Å². The normalized spacial score (nSPS) is 10.2.